The van der Waals surface area contributed by atoms with Gasteiger partial charge in [-0.25, -0.2) is 8.78 Å². The summed E-state index contributed by atoms with van der Waals surface area (Å²) >= 11 is 1.37. The Morgan fingerprint density at radius 1 is 1.35 bits per heavy atom. The minimum Gasteiger partial charge on any atom is -0.344 e. The first-order valence-corrected chi connectivity index (χ1v) is 9.11. The lowest BCUT2D eigenvalue weighted by Crippen LogP contribution is -2.23. The number of aryl methyl sites for hydroxylation is 1. The number of nitrogens with one attached hydrogen (secondary N) is 1. The number of allylic oxidation sites excluding steroid dienone is 1. The van der Waals surface area contributed by atoms with E-state index in [1.807, 2.05) is 6.26 Å². The molecule has 0 spiro atoms. The smallest absolute Gasteiger partial charge is 0.259 e. The van der Waals surface area contributed by atoms with E-state index in [2.05, 4.69) is 11.9 Å². The van der Waals surface area contributed by atoms with Crippen LogP contribution in [0.5, 0.6) is 0 Å². The molecule has 1 aliphatic heterocycles. The Morgan fingerprint density at radius 2 is 2.12 bits per heavy atom. The Hall–Kier alpha value is -2.67. The van der Waals surface area contributed by atoms with Crippen LogP contribution in [0.3, 0.4) is 0 Å². The molecule has 0 aliphatic carbocycles. The van der Waals surface area contributed by atoms with Crippen LogP contribution in [0.25, 0.3) is 16.5 Å². The van der Waals surface area contributed by atoms with Crippen LogP contribution in [-0.2, 0) is 16.1 Å². The molecule has 134 valence electrons. The van der Waals surface area contributed by atoms with Crippen molar-refractivity contribution in [3.63, 3.8) is 0 Å². The number of benzene rings is 1. The van der Waals surface area contributed by atoms with Crippen LogP contribution in [-0.4, -0.2) is 29.3 Å². The van der Waals surface area contributed by atoms with Crippen molar-refractivity contribution in [3.8, 4) is 0 Å². The zero-order chi connectivity index (χ0) is 18.8. The van der Waals surface area contributed by atoms with E-state index >= 15 is 0 Å². The monoisotopic (exact) mass is 374 g/mol. The number of alkyl halides is 1. The molecule has 1 aromatic carbocycles. The van der Waals surface area contributed by atoms with Gasteiger partial charge in [0.1, 0.15) is 12.5 Å². The van der Waals surface area contributed by atoms with Crippen molar-refractivity contribution in [2.24, 2.45) is 0 Å². The molecule has 3 rings (SSSR count). The van der Waals surface area contributed by atoms with Gasteiger partial charge in [0.2, 0.25) is 0 Å². The van der Waals surface area contributed by atoms with Crippen LogP contribution >= 0.6 is 11.8 Å². The van der Waals surface area contributed by atoms with Gasteiger partial charge in [-0.1, -0.05) is 12.7 Å². The molecular formula is C19H16F2N2O2S. The minimum atomic E-state index is -0.609. The van der Waals surface area contributed by atoms with E-state index in [1.54, 1.807) is 16.2 Å². The summed E-state index contributed by atoms with van der Waals surface area (Å²) in [6, 6.07) is 4.09. The van der Waals surface area contributed by atoms with Gasteiger partial charge in [-0.15, -0.1) is 11.8 Å². The van der Waals surface area contributed by atoms with Gasteiger partial charge >= 0.3 is 0 Å². The Labute approximate surface area is 153 Å². The SMILES string of the molecule is C=C/C(=C\SC)C1=C(c2cn(CCF)c3ccc(F)cc23)C(=O)NC1=O. The first-order chi connectivity index (χ1) is 12.5. The van der Waals surface area contributed by atoms with Crippen molar-refractivity contribution >= 4 is 40.1 Å². The van der Waals surface area contributed by atoms with Crippen molar-refractivity contribution in [1.29, 1.82) is 0 Å². The van der Waals surface area contributed by atoms with Crippen molar-refractivity contribution in [2.75, 3.05) is 12.9 Å². The van der Waals surface area contributed by atoms with Crippen LogP contribution < -0.4 is 5.32 Å². The van der Waals surface area contributed by atoms with Crippen molar-refractivity contribution in [1.82, 2.24) is 9.88 Å². The van der Waals surface area contributed by atoms with Gasteiger partial charge in [-0.2, -0.15) is 0 Å². The average Bonchev–Trinajstić information content (AvgIpc) is 3.09. The Balaban J connectivity index is 2.35. The molecule has 1 aromatic heterocycles. The van der Waals surface area contributed by atoms with E-state index in [1.165, 1.54) is 36.0 Å². The topological polar surface area (TPSA) is 51.1 Å². The molecule has 1 aliphatic rings. The summed E-state index contributed by atoms with van der Waals surface area (Å²) in [4.78, 5) is 24.8. The fourth-order valence-corrected chi connectivity index (χ4v) is 3.54. The molecule has 7 heteroatoms. The van der Waals surface area contributed by atoms with Gasteiger partial charge in [0.25, 0.3) is 11.8 Å². The zero-order valence-electron chi connectivity index (χ0n) is 14.0. The maximum atomic E-state index is 13.8. The largest absolute Gasteiger partial charge is 0.344 e. The van der Waals surface area contributed by atoms with E-state index in [0.29, 0.717) is 22.0 Å². The number of carbonyl (C=O) groups excluding carboxylic acids is 2. The quantitative estimate of drug-likeness (QED) is 0.621. The van der Waals surface area contributed by atoms with Crippen molar-refractivity contribution in [2.45, 2.75) is 6.54 Å². The lowest BCUT2D eigenvalue weighted by molar-refractivity contribution is -0.123. The molecular weight excluding hydrogens is 358 g/mol. The van der Waals surface area contributed by atoms with Gasteiger partial charge in [0.05, 0.1) is 17.7 Å². The van der Waals surface area contributed by atoms with Crippen LogP contribution in [0.1, 0.15) is 5.56 Å². The molecule has 0 bridgehead atoms. The number of fused-ring (bicyclic) bond motifs is 1. The second-order valence-electron chi connectivity index (χ2n) is 5.63. The summed E-state index contributed by atoms with van der Waals surface area (Å²) in [5.74, 6) is -1.58. The first kappa shape index (κ1) is 18.1. The number of halogens is 2. The molecule has 1 N–H and O–H groups in total. The standard InChI is InChI=1S/C19H16F2N2O2S/c1-3-11(10-26-2)16-17(19(25)22-18(16)24)14-9-23(7-6-20)15-5-4-12(21)8-13(14)15/h3-5,8-10H,1,6-7H2,2H3,(H,22,24,25)/b11-10+. The fraction of sp³-hybridized carbons (Fsp3) is 0.158. The van der Waals surface area contributed by atoms with E-state index < -0.39 is 24.3 Å². The number of nitrogens with zero attached hydrogens (tertiary/aromatic N) is 1. The first-order valence-electron chi connectivity index (χ1n) is 7.82. The highest BCUT2D eigenvalue weighted by Gasteiger charge is 2.34. The third-order valence-electron chi connectivity index (χ3n) is 4.12. The van der Waals surface area contributed by atoms with Crippen LogP contribution in [0.2, 0.25) is 0 Å². The molecule has 0 fully saturated rings. The molecule has 0 saturated heterocycles. The summed E-state index contributed by atoms with van der Waals surface area (Å²) in [6.45, 7) is 3.16. The second kappa shape index (κ2) is 7.29. The Bertz CT molecular complexity index is 989. The molecule has 4 nitrogen and oxygen atoms in total. The average molecular weight is 374 g/mol. The molecule has 2 heterocycles. The summed E-state index contributed by atoms with van der Waals surface area (Å²) < 4.78 is 28.3. The third kappa shape index (κ3) is 2.99. The number of aromatic nitrogens is 1. The molecule has 2 aromatic rings. The lowest BCUT2D eigenvalue weighted by Gasteiger charge is -2.04. The number of hydrogen-bond acceptors (Lipinski definition) is 3. The molecule has 0 atom stereocenters. The molecule has 2 amide bonds. The highest BCUT2D eigenvalue weighted by molar-refractivity contribution is 8.01. The Morgan fingerprint density at radius 3 is 2.77 bits per heavy atom. The van der Waals surface area contributed by atoms with E-state index in [4.69, 9.17) is 0 Å². The summed E-state index contributed by atoms with van der Waals surface area (Å²) in [7, 11) is 0. The zero-order valence-corrected chi connectivity index (χ0v) is 14.8. The van der Waals surface area contributed by atoms with Gasteiger partial charge < -0.3 is 4.57 Å². The number of rotatable bonds is 6. The van der Waals surface area contributed by atoms with E-state index in [0.717, 1.165) is 0 Å². The predicted molar refractivity (Wildman–Crippen MR) is 99.7 cm³/mol. The van der Waals surface area contributed by atoms with Crippen LogP contribution in [0, 0.1) is 5.82 Å². The van der Waals surface area contributed by atoms with Gasteiger partial charge in [-0.3, -0.25) is 14.9 Å². The fourth-order valence-electron chi connectivity index (χ4n) is 3.07. The number of hydrogen-bond donors (Lipinski definition) is 1. The van der Waals surface area contributed by atoms with Crippen molar-refractivity contribution < 1.29 is 18.4 Å². The van der Waals surface area contributed by atoms with Crippen molar-refractivity contribution in [3.05, 3.63) is 65.0 Å². The molecule has 26 heavy (non-hydrogen) atoms. The second-order valence-corrected chi connectivity index (χ2v) is 6.34. The maximum Gasteiger partial charge on any atom is 0.259 e. The van der Waals surface area contributed by atoms with E-state index in [-0.39, 0.29) is 17.7 Å². The summed E-state index contributed by atoms with van der Waals surface area (Å²) in [5, 5.41) is 4.44. The van der Waals surface area contributed by atoms with Crippen LogP contribution in [0.4, 0.5) is 8.78 Å². The number of amides is 2. The normalized spacial score (nSPS) is 15.1. The number of carbonyl (C=O) groups is 2. The van der Waals surface area contributed by atoms with E-state index in [9.17, 15) is 18.4 Å². The lowest BCUT2D eigenvalue weighted by atomic mass is 9.96. The number of thioether (sulfide) groups is 1. The highest BCUT2D eigenvalue weighted by Crippen LogP contribution is 2.35. The Kier molecular flexibility index (Phi) is 5.08. The summed E-state index contributed by atoms with van der Waals surface area (Å²) in [5.41, 5.74) is 1.80. The predicted octanol–water partition coefficient (Wildman–Crippen LogP) is 3.59. The minimum absolute atomic E-state index is 0.0648. The van der Waals surface area contributed by atoms with Gasteiger partial charge in [0.15, 0.2) is 0 Å². The van der Waals surface area contributed by atoms with Gasteiger partial charge in [-0.05, 0) is 35.4 Å². The number of imide groups is 1. The molecule has 0 unspecified atom stereocenters. The third-order valence-corrected chi connectivity index (χ3v) is 4.61. The summed E-state index contributed by atoms with van der Waals surface area (Å²) in [6.07, 6.45) is 4.89. The maximum absolute atomic E-state index is 13.8. The van der Waals surface area contributed by atoms with Crippen LogP contribution in [0.15, 0.2) is 53.6 Å². The highest BCUT2D eigenvalue weighted by atomic mass is 32.2. The molecule has 0 saturated carbocycles. The van der Waals surface area contributed by atoms with Gasteiger partial charge in [0, 0.05) is 22.7 Å². The molecule has 0 radical (unpaired) electrons.